The minimum atomic E-state index is -2.81. The van der Waals surface area contributed by atoms with Gasteiger partial charge in [-0.25, -0.2) is 8.42 Å². The second kappa shape index (κ2) is 3.39. The maximum atomic E-state index is 11.0. The largest absolute Gasteiger partial charge is 0.295 e. The van der Waals surface area contributed by atoms with Gasteiger partial charge in [0.1, 0.15) is 0 Å². The van der Waals surface area contributed by atoms with Crippen molar-refractivity contribution >= 4 is 15.6 Å². The number of sulfone groups is 1. The summed E-state index contributed by atoms with van der Waals surface area (Å²) in [4.78, 5) is 10.5. The van der Waals surface area contributed by atoms with Crippen molar-refractivity contribution in [1.82, 2.24) is 0 Å². The lowest BCUT2D eigenvalue weighted by atomic mass is 10.1. The monoisotopic (exact) mass is 188 g/mol. The Hall–Kier alpha value is -0.640. The molecule has 0 radical (unpaired) electrons. The number of allylic oxidation sites excluding steroid dienone is 2. The van der Waals surface area contributed by atoms with E-state index in [9.17, 15) is 13.2 Å². The molecule has 4 heteroatoms. The highest BCUT2D eigenvalue weighted by Gasteiger charge is 2.25. The molecule has 1 fully saturated rings. The molecule has 0 amide bonds. The SMILES string of the molecule is CC(=O)/C=C/C1CCS(=O)(=O)C1. The van der Waals surface area contributed by atoms with Crippen molar-refractivity contribution in [2.45, 2.75) is 13.3 Å². The van der Waals surface area contributed by atoms with Gasteiger partial charge in [0.15, 0.2) is 15.6 Å². The summed E-state index contributed by atoms with van der Waals surface area (Å²) in [5, 5.41) is 0. The Bertz CT molecular complexity index is 300. The van der Waals surface area contributed by atoms with Gasteiger partial charge in [0.25, 0.3) is 0 Å². The van der Waals surface area contributed by atoms with Gasteiger partial charge in [-0.1, -0.05) is 6.08 Å². The molecule has 68 valence electrons. The lowest BCUT2D eigenvalue weighted by Crippen LogP contribution is -2.02. The molecule has 1 saturated heterocycles. The van der Waals surface area contributed by atoms with Crippen LogP contribution in [-0.4, -0.2) is 25.7 Å². The van der Waals surface area contributed by atoms with Gasteiger partial charge in [-0.05, 0) is 25.3 Å². The van der Waals surface area contributed by atoms with Crippen molar-refractivity contribution in [3.63, 3.8) is 0 Å². The van der Waals surface area contributed by atoms with Gasteiger partial charge in [-0.3, -0.25) is 4.79 Å². The lowest BCUT2D eigenvalue weighted by Gasteiger charge is -1.96. The molecule has 12 heavy (non-hydrogen) atoms. The van der Waals surface area contributed by atoms with Crippen molar-refractivity contribution in [2.75, 3.05) is 11.5 Å². The standard InChI is InChI=1S/C8H12O3S/c1-7(9)2-3-8-4-5-12(10,11)6-8/h2-3,8H,4-6H2,1H3/b3-2+. The summed E-state index contributed by atoms with van der Waals surface area (Å²) < 4.78 is 21.9. The van der Waals surface area contributed by atoms with Gasteiger partial charge in [0, 0.05) is 0 Å². The first-order chi connectivity index (χ1) is 5.49. The van der Waals surface area contributed by atoms with E-state index in [1.807, 2.05) is 0 Å². The minimum absolute atomic E-state index is 0.0284. The fourth-order valence-corrected chi connectivity index (χ4v) is 3.01. The van der Waals surface area contributed by atoms with Gasteiger partial charge in [0.05, 0.1) is 11.5 Å². The van der Waals surface area contributed by atoms with Crippen LogP contribution < -0.4 is 0 Å². The highest BCUT2D eigenvalue weighted by atomic mass is 32.2. The molecule has 1 heterocycles. The van der Waals surface area contributed by atoms with E-state index < -0.39 is 9.84 Å². The topological polar surface area (TPSA) is 51.2 Å². The maximum Gasteiger partial charge on any atom is 0.152 e. The zero-order valence-corrected chi connectivity index (χ0v) is 7.80. The number of hydrogen-bond acceptors (Lipinski definition) is 3. The van der Waals surface area contributed by atoms with E-state index in [4.69, 9.17) is 0 Å². The predicted molar refractivity (Wildman–Crippen MR) is 46.6 cm³/mol. The Balaban J connectivity index is 2.54. The molecule has 0 saturated carbocycles. The zero-order chi connectivity index (χ0) is 9.19. The Kier molecular flexibility index (Phi) is 2.67. The van der Waals surface area contributed by atoms with Crippen LogP contribution in [0.5, 0.6) is 0 Å². The molecule has 1 rings (SSSR count). The molecule has 1 unspecified atom stereocenters. The van der Waals surface area contributed by atoms with Crippen LogP contribution in [0, 0.1) is 5.92 Å². The van der Waals surface area contributed by atoms with Crippen molar-refractivity contribution in [2.24, 2.45) is 5.92 Å². The first-order valence-corrected chi connectivity index (χ1v) is 5.71. The summed E-state index contributed by atoms with van der Waals surface area (Å²) in [7, 11) is -2.81. The molecule has 0 aliphatic carbocycles. The first-order valence-electron chi connectivity index (χ1n) is 3.89. The van der Waals surface area contributed by atoms with Crippen molar-refractivity contribution < 1.29 is 13.2 Å². The molecule has 0 aromatic rings. The number of ketones is 1. The molecular weight excluding hydrogens is 176 g/mol. The number of carbonyl (C=O) groups is 1. The summed E-state index contributed by atoms with van der Waals surface area (Å²) in [5.41, 5.74) is 0. The van der Waals surface area contributed by atoms with E-state index >= 15 is 0 Å². The van der Waals surface area contributed by atoms with Crippen LogP contribution in [0.2, 0.25) is 0 Å². The van der Waals surface area contributed by atoms with Crippen LogP contribution >= 0.6 is 0 Å². The van der Waals surface area contributed by atoms with Gasteiger partial charge < -0.3 is 0 Å². The average Bonchev–Trinajstić information content (AvgIpc) is 2.26. The normalized spacial score (nSPS) is 27.9. The third kappa shape index (κ3) is 2.77. The molecular formula is C8H12O3S. The third-order valence-electron chi connectivity index (χ3n) is 1.87. The predicted octanol–water partition coefficient (Wildman–Crippen LogP) is 0.566. The Morgan fingerprint density at radius 2 is 2.17 bits per heavy atom. The maximum absolute atomic E-state index is 11.0. The lowest BCUT2D eigenvalue weighted by molar-refractivity contribution is -0.112. The smallest absolute Gasteiger partial charge is 0.152 e. The second-order valence-corrected chi connectivity index (χ2v) is 5.36. The second-order valence-electron chi connectivity index (χ2n) is 3.13. The molecule has 0 aromatic heterocycles. The number of carbonyl (C=O) groups excluding carboxylic acids is 1. The molecule has 0 N–H and O–H groups in total. The number of rotatable bonds is 2. The van der Waals surface area contributed by atoms with Crippen molar-refractivity contribution in [3.8, 4) is 0 Å². The van der Waals surface area contributed by atoms with Gasteiger partial charge >= 0.3 is 0 Å². The Labute approximate surface area is 72.4 Å². The number of hydrogen-bond donors (Lipinski definition) is 0. The van der Waals surface area contributed by atoms with Gasteiger partial charge in [-0.2, -0.15) is 0 Å². The first kappa shape index (κ1) is 9.45. The van der Waals surface area contributed by atoms with E-state index in [1.54, 1.807) is 6.08 Å². The molecule has 0 bridgehead atoms. The summed E-state index contributed by atoms with van der Waals surface area (Å²) in [6.45, 7) is 1.46. The van der Waals surface area contributed by atoms with Crippen LogP contribution in [-0.2, 0) is 14.6 Å². The molecule has 0 spiro atoms. The van der Waals surface area contributed by atoms with Crippen LogP contribution in [0.4, 0.5) is 0 Å². The summed E-state index contributed by atoms with van der Waals surface area (Å²) >= 11 is 0. The van der Waals surface area contributed by atoms with E-state index in [0.29, 0.717) is 6.42 Å². The molecule has 1 aliphatic rings. The zero-order valence-electron chi connectivity index (χ0n) is 6.99. The fraction of sp³-hybridized carbons (Fsp3) is 0.625. The Morgan fingerprint density at radius 1 is 1.50 bits per heavy atom. The summed E-state index contributed by atoms with van der Waals surface area (Å²) in [6, 6.07) is 0. The van der Waals surface area contributed by atoms with E-state index in [2.05, 4.69) is 0 Å². The molecule has 1 atom stereocenters. The Morgan fingerprint density at radius 3 is 2.58 bits per heavy atom. The van der Waals surface area contributed by atoms with Gasteiger partial charge in [0.2, 0.25) is 0 Å². The van der Waals surface area contributed by atoms with Crippen LogP contribution in [0.3, 0.4) is 0 Å². The van der Waals surface area contributed by atoms with Crippen LogP contribution in [0.1, 0.15) is 13.3 Å². The van der Waals surface area contributed by atoms with E-state index in [0.717, 1.165) is 0 Å². The van der Waals surface area contributed by atoms with E-state index in [1.165, 1.54) is 13.0 Å². The van der Waals surface area contributed by atoms with E-state index in [-0.39, 0.29) is 23.2 Å². The van der Waals surface area contributed by atoms with Gasteiger partial charge in [-0.15, -0.1) is 0 Å². The summed E-state index contributed by atoms with van der Waals surface area (Å²) in [6.07, 6.45) is 3.81. The summed E-state index contributed by atoms with van der Waals surface area (Å²) in [5.74, 6) is 0.495. The highest BCUT2D eigenvalue weighted by molar-refractivity contribution is 7.91. The van der Waals surface area contributed by atoms with Crippen LogP contribution in [0.15, 0.2) is 12.2 Å². The average molecular weight is 188 g/mol. The van der Waals surface area contributed by atoms with Crippen LogP contribution in [0.25, 0.3) is 0 Å². The fourth-order valence-electron chi connectivity index (χ4n) is 1.25. The third-order valence-corrected chi connectivity index (χ3v) is 3.66. The molecule has 1 aliphatic heterocycles. The highest BCUT2D eigenvalue weighted by Crippen LogP contribution is 2.19. The quantitative estimate of drug-likeness (QED) is 0.595. The molecule has 3 nitrogen and oxygen atoms in total. The van der Waals surface area contributed by atoms with Crippen molar-refractivity contribution in [3.05, 3.63) is 12.2 Å². The minimum Gasteiger partial charge on any atom is -0.295 e. The van der Waals surface area contributed by atoms with Crippen molar-refractivity contribution in [1.29, 1.82) is 0 Å². The molecule has 0 aromatic carbocycles.